The van der Waals surface area contributed by atoms with Crippen LogP contribution in [0.25, 0.3) is 6.08 Å². The zero-order valence-corrected chi connectivity index (χ0v) is 23.7. The Morgan fingerprint density at radius 1 is 1.08 bits per heavy atom. The van der Waals surface area contributed by atoms with Gasteiger partial charge in [-0.1, -0.05) is 45.2 Å². The summed E-state index contributed by atoms with van der Waals surface area (Å²) in [6, 6.07) is 17.6. The van der Waals surface area contributed by atoms with E-state index in [1.54, 1.807) is 56.4 Å². The molecule has 1 aliphatic rings. The fourth-order valence-electron chi connectivity index (χ4n) is 3.34. The van der Waals surface area contributed by atoms with Crippen LogP contribution in [-0.2, 0) is 16.1 Å². The third-order valence-corrected chi connectivity index (χ3v) is 7.54. The smallest absolute Gasteiger partial charge is 0.338 e. The molecular weight excluding hydrogens is 599 g/mol. The molecule has 10 heteroatoms. The molecule has 0 radical (unpaired) electrons. The molecule has 1 fully saturated rings. The maximum Gasteiger partial charge on any atom is 0.338 e. The highest BCUT2D eigenvalue weighted by molar-refractivity contribution is 9.10. The van der Waals surface area contributed by atoms with Gasteiger partial charge in [-0.3, -0.25) is 9.69 Å². The number of likely N-dealkylation sites (N-methyl/N-ethyl adjacent to an activating group) is 1. The SMILES string of the molecule is CCOC(=O)c1ccc(N=C2S/C(=C\c3cc(Br)ccc3OCc3ccc(Cl)c(Cl)c3)C(=O)N2C)cc1. The summed E-state index contributed by atoms with van der Waals surface area (Å²) in [5.41, 5.74) is 2.66. The van der Waals surface area contributed by atoms with Crippen LogP contribution in [0.15, 0.2) is 75.0 Å². The number of nitrogens with zero attached hydrogens (tertiary/aromatic N) is 2. The Morgan fingerprint density at radius 2 is 1.84 bits per heavy atom. The fraction of sp³-hybridized carbons (Fsp3) is 0.148. The van der Waals surface area contributed by atoms with E-state index in [4.69, 9.17) is 32.7 Å². The van der Waals surface area contributed by atoms with E-state index in [1.165, 1.54) is 16.7 Å². The molecule has 190 valence electrons. The summed E-state index contributed by atoms with van der Waals surface area (Å²) in [7, 11) is 1.67. The molecule has 1 aliphatic heterocycles. The summed E-state index contributed by atoms with van der Waals surface area (Å²) in [6.45, 7) is 2.35. The van der Waals surface area contributed by atoms with Crippen molar-refractivity contribution < 1.29 is 19.1 Å². The maximum absolute atomic E-state index is 13.0. The van der Waals surface area contributed by atoms with Gasteiger partial charge >= 0.3 is 5.97 Å². The van der Waals surface area contributed by atoms with Crippen molar-refractivity contribution >= 4 is 79.7 Å². The van der Waals surface area contributed by atoms with Crippen LogP contribution in [0.1, 0.15) is 28.4 Å². The fourth-order valence-corrected chi connectivity index (χ4v) is 5.02. The number of amides is 1. The Hall–Kier alpha value is -2.78. The number of esters is 1. The van der Waals surface area contributed by atoms with Crippen molar-refractivity contribution in [2.24, 2.45) is 4.99 Å². The molecule has 3 aromatic carbocycles. The number of benzene rings is 3. The van der Waals surface area contributed by atoms with Crippen LogP contribution in [0.4, 0.5) is 5.69 Å². The highest BCUT2D eigenvalue weighted by atomic mass is 79.9. The standard InChI is InChI=1S/C27H21BrCl2N2O4S/c1-3-35-26(34)17-5-8-20(9-6-17)31-27-32(2)25(33)24(37-27)14-18-13-19(28)7-11-23(18)36-15-16-4-10-21(29)22(30)12-16/h4-14H,3,15H2,1-2H3/b24-14-,31-27?. The molecule has 0 bridgehead atoms. The number of aliphatic imine (C=N–C) groups is 1. The molecule has 0 aliphatic carbocycles. The van der Waals surface area contributed by atoms with E-state index in [1.807, 2.05) is 24.3 Å². The molecule has 0 aromatic heterocycles. The number of ether oxygens (including phenoxy) is 2. The first-order valence-corrected chi connectivity index (χ1v) is 13.5. The summed E-state index contributed by atoms with van der Waals surface area (Å²) in [4.78, 5) is 31.4. The van der Waals surface area contributed by atoms with E-state index < -0.39 is 0 Å². The van der Waals surface area contributed by atoms with Crippen LogP contribution < -0.4 is 4.74 Å². The lowest BCUT2D eigenvalue weighted by Gasteiger charge is -2.11. The minimum Gasteiger partial charge on any atom is -0.488 e. The van der Waals surface area contributed by atoms with Gasteiger partial charge in [0, 0.05) is 17.1 Å². The zero-order valence-electron chi connectivity index (χ0n) is 19.8. The van der Waals surface area contributed by atoms with Crippen molar-refractivity contribution in [3.8, 4) is 5.75 Å². The molecular formula is C27H21BrCl2N2O4S. The van der Waals surface area contributed by atoms with Crippen LogP contribution in [0.5, 0.6) is 5.75 Å². The van der Waals surface area contributed by atoms with E-state index in [0.717, 1.165) is 15.6 Å². The first-order valence-electron chi connectivity index (χ1n) is 11.1. The van der Waals surface area contributed by atoms with E-state index >= 15 is 0 Å². The van der Waals surface area contributed by atoms with Gasteiger partial charge in [-0.05, 0) is 84.9 Å². The maximum atomic E-state index is 13.0. The lowest BCUT2D eigenvalue weighted by Crippen LogP contribution is -2.23. The third-order valence-electron chi connectivity index (χ3n) is 5.24. The van der Waals surface area contributed by atoms with Gasteiger partial charge in [-0.2, -0.15) is 0 Å². The molecule has 3 aromatic rings. The molecule has 0 atom stereocenters. The number of hydrogen-bond acceptors (Lipinski definition) is 6. The second kappa shape index (κ2) is 12.2. The van der Waals surface area contributed by atoms with Gasteiger partial charge in [0.25, 0.3) is 5.91 Å². The second-order valence-electron chi connectivity index (χ2n) is 7.86. The number of thioether (sulfide) groups is 1. The molecule has 0 unspecified atom stereocenters. The summed E-state index contributed by atoms with van der Waals surface area (Å²) in [5, 5.41) is 1.46. The Morgan fingerprint density at radius 3 is 2.54 bits per heavy atom. The minimum absolute atomic E-state index is 0.178. The monoisotopic (exact) mass is 618 g/mol. The second-order valence-corrected chi connectivity index (χ2v) is 10.6. The number of amidine groups is 1. The van der Waals surface area contributed by atoms with Crippen molar-refractivity contribution in [2.75, 3.05) is 13.7 Å². The summed E-state index contributed by atoms with van der Waals surface area (Å²) < 4.78 is 11.9. The quantitative estimate of drug-likeness (QED) is 0.200. The molecule has 0 saturated carbocycles. The van der Waals surface area contributed by atoms with E-state index in [0.29, 0.717) is 43.7 Å². The average Bonchev–Trinajstić information content (AvgIpc) is 3.13. The number of halogens is 3. The van der Waals surface area contributed by atoms with Crippen LogP contribution in [-0.4, -0.2) is 35.6 Å². The molecule has 1 saturated heterocycles. The zero-order chi connectivity index (χ0) is 26.5. The lowest BCUT2D eigenvalue weighted by molar-refractivity contribution is -0.121. The Bertz CT molecular complexity index is 1410. The topological polar surface area (TPSA) is 68.2 Å². The predicted octanol–water partition coefficient (Wildman–Crippen LogP) is 7.75. The minimum atomic E-state index is -0.388. The number of carbonyl (C=O) groups excluding carboxylic acids is 2. The van der Waals surface area contributed by atoms with Crippen molar-refractivity contribution in [1.29, 1.82) is 0 Å². The lowest BCUT2D eigenvalue weighted by atomic mass is 10.1. The van der Waals surface area contributed by atoms with Gasteiger partial charge in [-0.25, -0.2) is 9.79 Å². The average molecular weight is 620 g/mol. The van der Waals surface area contributed by atoms with Crippen LogP contribution >= 0.6 is 50.9 Å². The van der Waals surface area contributed by atoms with Crippen LogP contribution in [0.3, 0.4) is 0 Å². The van der Waals surface area contributed by atoms with Gasteiger partial charge in [0.1, 0.15) is 12.4 Å². The van der Waals surface area contributed by atoms with Gasteiger partial charge in [0.2, 0.25) is 0 Å². The molecule has 6 nitrogen and oxygen atoms in total. The van der Waals surface area contributed by atoms with Crippen molar-refractivity contribution in [2.45, 2.75) is 13.5 Å². The van der Waals surface area contributed by atoms with E-state index in [2.05, 4.69) is 20.9 Å². The third kappa shape index (κ3) is 6.76. The Balaban J connectivity index is 1.54. The molecule has 37 heavy (non-hydrogen) atoms. The largest absolute Gasteiger partial charge is 0.488 e. The first kappa shape index (κ1) is 27.3. The summed E-state index contributed by atoms with van der Waals surface area (Å²) in [5.74, 6) is 0.0423. The summed E-state index contributed by atoms with van der Waals surface area (Å²) >= 11 is 16.9. The number of hydrogen-bond donors (Lipinski definition) is 0. The van der Waals surface area contributed by atoms with Crippen molar-refractivity contribution in [3.05, 3.63) is 96.8 Å². The van der Waals surface area contributed by atoms with Crippen molar-refractivity contribution in [1.82, 2.24) is 4.90 Å². The van der Waals surface area contributed by atoms with Crippen molar-refractivity contribution in [3.63, 3.8) is 0 Å². The normalized spacial score (nSPS) is 15.5. The molecule has 0 spiro atoms. The number of rotatable bonds is 7. The molecule has 4 rings (SSSR count). The number of carbonyl (C=O) groups is 2. The van der Waals surface area contributed by atoms with Gasteiger partial charge < -0.3 is 9.47 Å². The van der Waals surface area contributed by atoms with E-state index in [-0.39, 0.29) is 18.5 Å². The van der Waals surface area contributed by atoms with E-state index in [9.17, 15) is 9.59 Å². The van der Waals surface area contributed by atoms with Crippen LogP contribution in [0, 0.1) is 0 Å². The van der Waals surface area contributed by atoms with Gasteiger partial charge in [0.05, 0.1) is 32.8 Å². The molecule has 1 amide bonds. The predicted molar refractivity (Wildman–Crippen MR) is 153 cm³/mol. The van der Waals surface area contributed by atoms with Gasteiger partial charge in [0.15, 0.2) is 5.17 Å². The first-order chi connectivity index (χ1) is 17.7. The Kier molecular flexibility index (Phi) is 8.97. The summed E-state index contributed by atoms with van der Waals surface area (Å²) in [6.07, 6.45) is 1.78. The molecule has 0 N–H and O–H groups in total. The molecule has 1 heterocycles. The highest BCUT2D eigenvalue weighted by Gasteiger charge is 2.30. The van der Waals surface area contributed by atoms with Crippen LogP contribution in [0.2, 0.25) is 10.0 Å². The Labute approximate surface area is 237 Å². The van der Waals surface area contributed by atoms with Gasteiger partial charge in [-0.15, -0.1) is 0 Å². The highest BCUT2D eigenvalue weighted by Crippen LogP contribution is 2.36.